The Labute approximate surface area is 161 Å². The molecule has 0 aromatic carbocycles. The molecule has 3 N–H and O–H groups in total. The molecule has 0 saturated carbocycles. The van der Waals surface area contributed by atoms with E-state index in [4.69, 9.17) is 0 Å². The number of aliphatic hydroxyl groups excluding tert-OH is 1. The minimum atomic E-state index is -1.22. The molecular formula is C19H34N2O6. The maximum Gasteiger partial charge on any atom is 0.311 e. The zero-order valence-corrected chi connectivity index (χ0v) is 16.6. The predicted octanol–water partition coefficient (Wildman–Crippen LogP) is -0.235. The zero-order valence-electron chi connectivity index (χ0n) is 16.6. The number of hydrogen-bond donors (Lipinski definition) is 3. The van der Waals surface area contributed by atoms with Crippen molar-refractivity contribution < 1.29 is 34.2 Å². The first-order valence-corrected chi connectivity index (χ1v) is 9.45. The molecule has 0 saturated heterocycles. The van der Waals surface area contributed by atoms with Crippen LogP contribution >= 0.6 is 0 Å². The highest BCUT2D eigenvalue weighted by Gasteiger charge is 2.33. The van der Waals surface area contributed by atoms with E-state index in [0.29, 0.717) is 13.0 Å². The number of rotatable bonds is 15. The highest BCUT2D eigenvalue weighted by Crippen LogP contribution is 2.16. The van der Waals surface area contributed by atoms with Gasteiger partial charge in [0.2, 0.25) is 5.91 Å². The van der Waals surface area contributed by atoms with Crippen molar-refractivity contribution in [1.29, 1.82) is 0 Å². The van der Waals surface area contributed by atoms with Crippen molar-refractivity contribution in [3.63, 3.8) is 0 Å². The average molecular weight is 386 g/mol. The molecule has 0 bridgehead atoms. The molecule has 8 heteroatoms. The van der Waals surface area contributed by atoms with Gasteiger partial charge in [0.1, 0.15) is 12.5 Å². The summed E-state index contributed by atoms with van der Waals surface area (Å²) in [5.41, 5.74) is 0. The van der Waals surface area contributed by atoms with Crippen LogP contribution in [-0.4, -0.2) is 71.9 Å². The van der Waals surface area contributed by atoms with E-state index in [-0.39, 0.29) is 43.2 Å². The Morgan fingerprint density at radius 1 is 1.15 bits per heavy atom. The van der Waals surface area contributed by atoms with Crippen LogP contribution in [0.4, 0.5) is 0 Å². The van der Waals surface area contributed by atoms with Crippen molar-refractivity contribution in [3.8, 4) is 0 Å². The number of amides is 1. The summed E-state index contributed by atoms with van der Waals surface area (Å²) in [5, 5.41) is 32.7. The summed E-state index contributed by atoms with van der Waals surface area (Å²) in [7, 11) is 0. The first kappa shape index (κ1) is 25.1. The summed E-state index contributed by atoms with van der Waals surface area (Å²) < 4.78 is 0.0952. The first-order valence-electron chi connectivity index (χ1n) is 9.45. The topological polar surface area (TPSA) is 127 Å². The van der Waals surface area contributed by atoms with E-state index in [0.717, 1.165) is 12.8 Å². The van der Waals surface area contributed by atoms with Crippen molar-refractivity contribution in [2.45, 2.75) is 40.0 Å². The third kappa shape index (κ3) is 10.7. The second-order valence-corrected chi connectivity index (χ2v) is 7.15. The number of carbonyl (C=O) groups is 3. The van der Waals surface area contributed by atoms with Crippen LogP contribution in [0.25, 0.3) is 0 Å². The second kappa shape index (κ2) is 13.3. The van der Waals surface area contributed by atoms with Gasteiger partial charge in [0.05, 0.1) is 32.8 Å². The molecule has 8 nitrogen and oxygen atoms in total. The molecule has 0 rings (SSSR count). The number of carboxylic acids is 2. The number of nitrogens with zero attached hydrogens (tertiary/aromatic N) is 1. The molecule has 3 atom stereocenters. The molecule has 0 aliphatic rings. The minimum Gasteiger partial charge on any atom is -0.550 e. The first-order chi connectivity index (χ1) is 12.7. The molecule has 1 amide bonds. The maximum atomic E-state index is 11.9. The molecule has 27 heavy (non-hydrogen) atoms. The quantitative estimate of drug-likeness (QED) is 0.203. The minimum absolute atomic E-state index is 0.0952. The lowest BCUT2D eigenvalue weighted by Crippen LogP contribution is -2.59. The van der Waals surface area contributed by atoms with Gasteiger partial charge in [-0.05, 0) is 26.7 Å². The Kier molecular flexibility index (Phi) is 12.3. The van der Waals surface area contributed by atoms with Crippen molar-refractivity contribution >= 4 is 17.8 Å². The monoisotopic (exact) mass is 386 g/mol. The van der Waals surface area contributed by atoms with Crippen LogP contribution in [0.5, 0.6) is 0 Å². The molecule has 3 unspecified atom stereocenters. The number of carboxylic acid groups (broad SMARTS) is 2. The molecule has 0 spiro atoms. The van der Waals surface area contributed by atoms with Gasteiger partial charge in [0.15, 0.2) is 0 Å². The summed E-state index contributed by atoms with van der Waals surface area (Å²) in [5.74, 6) is -3.80. The Morgan fingerprint density at radius 2 is 1.78 bits per heavy atom. The van der Waals surface area contributed by atoms with Gasteiger partial charge in [-0.15, -0.1) is 0 Å². The number of hydrogen-bond acceptors (Lipinski definition) is 5. The fourth-order valence-corrected chi connectivity index (χ4v) is 3.15. The molecule has 0 heterocycles. The molecule has 156 valence electrons. The van der Waals surface area contributed by atoms with Gasteiger partial charge in [0.25, 0.3) is 0 Å². The van der Waals surface area contributed by atoms with Crippen LogP contribution < -0.4 is 10.4 Å². The Bertz CT molecular complexity index is 484. The number of aliphatic hydroxyl groups is 1. The van der Waals surface area contributed by atoms with Gasteiger partial charge in [-0.3, -0.25) is 9.59 Å². The fourth-order valence-electron chi connectivity index (χ4n) is 3.15. The Hall–Kier alpha value is -1.93. The van der Waals surface area contributed by atoms with E-state index in [2.05, 4.69) is 5.32 Å². The van der Waals surface area contributed by atoms with Crippen LogP contribution in [0.1, 0.15) is 40.0 Å². The molecular weight excluding hydrogens is 352 g/mol. The number of carbonyl (C=O) groups excluding carboxylic acids is 2. The molecule has 0 aromatic heterocycles. The van der Waals surface area contributed by atoms with Crippen LogP contribution in [0.15, 0.2) is 12.2 Å². The summed E-state index contributed by atoms with van der Waals surface area (Å²) >= 11 is 0. The van der Waals surface area contributed by atoms with Crippen molar-refractivity contribution in [3.05, 3.63) is 12.2 Å². The van der Waals surface area contributed by atoms with Gasteiger partial charge in [-0.1, -0.05) is 19.1 Å². The Balaban J connectivity index is 4.96. The molecule has 0 fully saturated rings. The van der Waals surface area contributed by atoms with E-state index < -0.39 is 23.8 Å². The normalized spacial score (nSPS) is 15.9. The highest BCUT2D eigenvalue weighted by molar-refractivity contribution is 5.75. The van der Waals surface area contributed by atoms with Crippen molar-refractivity contribution in [2.75, 3.05) is 39.3 Å². The summed E-state index contributed by atoms with van der Waals surface area (Å²) in [6.45, 7) is 5.93. The lowest BCUT2D eigenvalue weighted by atomic mass is 10.1. The third-order valence-corrected chi connectivity index (χ3v) is 4.64. The summed E-state index contributed by atoms with van der Waals surface area (Å²) in [6, 6.07) is 0. The van der Waals surface area contributed by atoms with Crippen LogP contribution in [0, 0.1) is 11.8 Å². The van der Waals surface area contributed by atoms with E-state index in [9.17, 15) is 29.7 Å². The number of allylic oxidation sites excluding steroid dienone is 2. The second-order valence-electron chi connectivity index (χ2n) is 7.15. The number of aliphatic carboxylic acids is 2. The highest BCUT2D eigenvalue weighted by atomic mass is 16.4. The molecule has 0 aliphatic heterocycles. The zero-order chi connectivity index (χ0) is 20.9. The fraction of sp³-hybridized carbons (Fsp3) is 0.737. The van der Waals surface area contributed by atoms with Crippen molar-refractivity contribution in [2.24, 2.45) is 11.8 Å². The summed E-state index contributed by atoms with van der Waals surface area (Å²) in [4.78, 5) is 34.4. The standard InChI is InChI=1S/C19H34N2O6/c1-4-5-6-7-8-17(23)20-9-10-21(11-12-22,13-15(2)18(24)25)14-16(3)19(26)27/h4-5,15-16,22H,6-14H2,1-3H3,(H2-,20,23,24,25,26,27)/b5-4+. The van der Waals surface area contributed by atoms with Crippen LogP contribution in [-0.2, 0) is 14.4 Å². The maximum absolute atomic E-state index is 11.9. The third-order valence-electron chi connectivity index (χ3n) is 4.64. The largest absolute Gasteiger partial charge is 0.550 e. The lowest BCUT2D eigenvalue weighted by molar-refractivity contribution is -0.931. The average Bonchev–Trinajstić information content (AvgIpc) is 2.58. The van der Waals surface area contributed by atoms with E-state index >= 15 is 0 Å². The molecule has 0 aromatic rings. The van der Waals surface area contributed by atoms with E-state index in [1.165, 1.54) is 6.92 Å². The van der Waals surface area contributed by atoms with Crippen LogP contribution in [0.3, 0.4) is 0 Å². The van der Waals surface area contributed by atoms with Gasteiger partial charge in [0, 0.05) is 18.3 Å². The molecule has 0 aliphatic carbocycles. The number of nitrogens with one attached hydrogen (secondary N) is 1. The van der Waals surface area contributed by atoms with Gasteiger partial charge < -0.3 is 29.9 Å². The SMILES string of the molecule is C/C=C/CCCC(=O)NCC[N+](CCO)(CC(C)C(=O)[O-])CC(C)C(=O)O. The van der Waals surface area contributed by atoms with Crippen molar-refractivity contribution in [1.82, 2.24) is 5.32 Å². The van der Waals surface area contributed by atoms with Crippen LogP contribution in [0.2, 0.25) is 0 Å². The lowest BCUT2D eigenvalue weighted by Gasteiger charge is -2.41. The smallest absolute Gasteiger partial charge is 0.311 e. The number of quaternary nitrogens is 1. The predicted molar refractivity (Wildman–Crippen MR) is 99.5 cm³/mol. The summed E-state index contributed by atoms with van der Waals surface area (Å²) in [6.07, 6.45) is 5.88. The van der Waals surface area contributed by atoms with Gasteiger partial charge >= 0.3 is 5.97 Å². The van der Waals surface area contributed by atoms with E-state index in [1.807, 2.05) is 19.1 Å². The van der Waals surface area contributed by atoms with E-state index in [1.54, 1.807) is 6.92 Å². The Morgan fingerprint density at radius 3 is 2.30 bits per heavy atom. The van der Waals surface area contributed by atoms with Gasteiger partial charge in [-0.2, -0.15) is 0 Å². The number of unbranched alkanes of at least 4 members (excludes halogenated alkanes) is 1. The molecule has 0 radical (unpaired) electrons. The van der Waals surface area contributed by atoms with Gasteiger partial charge in [-0.25, -0.2) is 0 Å².